The van der Waals surface area contributed by atoms with Crippen molar-refractivity contribution in [3.05, 3.63) is 29.3 Å². The molecule has 0 aliphatic carbocycles. The van der Waals surface area contributed by atoms with E-state index in [1.54, 1.807) is 38.1 Å². The second kappa shape index (κ2) is 9.68. The molecule has 0 aliphatic heterocycles. The lowest BCUT2D eigenvalue weighted by molar-refractivity contribution is -0.159. The number of halogens is 1. The minimum Gasteiger partial charge on any atom is -0.482 e. The highest BCUT2D eigenvalue weighted by Crippen LogP contribution is 2.22. The smallest absolute Gasteiger partial charge is 0.340 e. The summed E-state index contributed by atoms with van der Waals surface area (Å²) in [6, 6.07) is 5.07. The van der Waals surface area contributed by atoms with E-state index in [9.17, 15) is 14.4 Å². The molecule has 0 saturated heterocycles. The Morgan fingerprint density at radius 2 is 1.65 bits per heavy atom. The Bertz CT molecular complexity index is 545. The van der Waals surface area contributed by atoms with Crippen LogP contribution in [0.25, 0.3) is 0 Å². The Labute approximate surface area is 138 Å². The lowest BCUT2D eigenvalue weighted by atomic mass is 10.3. The van der Waals surface area contributed by atoms with Gasteiger partial charge in [0.25, 0.3) is 5.91 Å². The zero-order valence-corrected chi connectivity index (χ0v) is 13.6. The molecule has 0 spiro atoms. The summed E-state index contributed by atoms with van der Waals surface area (Å²) < 4.78 is 14.7. The minimum atomic E-state index is -1.53. The largest absolute Gasteiger partial charge is 0.482 e. The third-order valence-electron chi connectivity index (χ3n) is 2.55. The number of carbonyl (C=O) groups excluding carboxylic acids is 3. The Balaban J connectivity index is 2.64. The predicted octanol–water partition coefficient (Wildman–Crippen LogP) is 1.33. The van der Waals surface area contributed by atoms with Crippen LogP contribution in [0.4, 0.5) is 0 Å². The summed E-state index contributed by atoms with van der Waals surface area (Å²) in [6.07, 6.45) is 0. The number of benzene rings is 1. The van der Waals surface area contributed by atoms with E-state index in [4.69, 9.17) is 25.8 Å². The summed E-state index contributed by atoms with van der Waals surface area (Å²) in [5, 5.41) is 2.56. The molecule has 1 amide bonds. The minimum absolute atomic E-state index is 0.0702. The van der Waals surface area contributed by atoms with Crippen molar-refractivity contribution in [1.82, 2.24) is 5.32 Å². The molecule has 1 aromatic carbocycles. The van der Waals surface area contributed by atoms with Gasteiger partial charge >= 0.3 is 11.9 Å². The van der Waals surface area contributed by atoms with Crippen molar-refractivity contribution in [3.63, 3.8) is 0 Å². The van der Waals surface area contributed by atoms with Gasteiger partial charge in [-0.1, -0.05) is 23.7 Å². The quantitative estimate of drug-likeness (QED) is 0.565. The molecular weight excluding hydrogens is 326 g/mol. The number of para-hydroxylation sites is 1. The van der Waals surface area contributed by atoms with E-state index in [2.05, 4.69) is 5.32 Å². The van der Waals surface area contributed by atoms with Crippen molar-refractivity contribution < 1.29 is 28.6 Å². The molecule has 0 fully saturated rings. The third kappa shape index (κ3) is 6.15. The SMILES string of the molecule is CCOC(=O)C(NC(=O)COc1ccccc1Cl)C(=O)OCC. The first kappa shape index (κ1) is 18.8. The van der Waals surface area contributed by atoms with Crippen molar-refractivity contribution in [2.24, 2.45) is 0 Å². The molecule has 0 radical (unpaired) electrons. The van der Waals surface area contributed by atoms with Gasteiger partial charge in [0.05, 0.1) is 18.2 Å². The molecular formula is C15H18ClNO6. The van der Waals surface area contributed by atoms with Crippen molar-refractivity contribution in [2.45, 2.75) is 19.9 Å². The van der Waals surface area contributed by atoms with E-state index in [-0.39, 0.29) is 13.2 Å². The summed E-state index contributed by atoms with van der Waals surface area (Å²) in [5.41, 5.74) is 0. The maximum Gasteiger partial charge on any atom is 0.340 e. The predicted molar refractivity (Wildman–Crippen MR) is 82.1 cm³/mol. The number of carbonyl (C=O) groups is 3. The molecule has 0 saturated carbocycles. The highest BCUT2D eigenvalue weighted by molar-refractivity contribution is 6.32. The average Bonchev–Trinajstić information content (AvgIpc) is 2.52. The first-order valence-electron chi connectivity index (χ1n) is 6.99. The van der Waals surface area contributed by atoms with Crippen LogP contribution in [-0.4, -0.2) is 43.7 Å². The monoisotopic (exact) mass is 343 g/mol. The maximum atomic E-state index is 11.9. The fourth-order valence-electron chi connectivity index (χ4n) is 1.57. The fourth-order valence-corrected chi connectivity index (χ4v) is 1.76. The Kier molecular flexibility index (Phi) is 7.90. The van der Waals surface area contributed by atoms with Crippen LogP contribution in [0.1, 0.15) is 13.8 Å². The standard InChI is InChI=1S/C15H18ClNO6/c1-3-21-14(19)13(15(20)22-4-2)17-12(18)9-23-11-8-6-5-7-10(11)16/h5-8,13H,3-4,9H2,1-2H3,(H,17,18). The topological polar surface area (TPSA) is 90.9 Å². The molecule has 0 aromatic heterocycles. The van der Waals surface area contributed by atoms with E-state index < -0.39 is 30.5 Å². The van der Waals surface area contributed by atoms with E-state index in [0.717, 1.165) is 0 Å². The molecule has 0 aliphatic rings. The highest BCUT2D eigenvalue weighted by atomic mass is 35.5. The van der Waals surface area contributed by atoms with Gasteiger partial charge in [-0.2, -0.15) is 0 Å². The van der Waals surface area contributed by atoms with Gasteiger partial charge in [0.2, 0.25) is 6.04 Å². The molecule has 23 heavy (non-hydrogen) atoms. The van der Waals surface area contributed by atoms with E-state index in [1.807, 2.05) is 0 Å². The van der Waals surface area contributed by atoms with Crippen LogP contribution >= 0.6 is 11.6 Å². The molecule has 126 valence electrons. The van der Waals surface area contributed by atoms with E-state index >= 15 is 0 Å². The maximum absolute atomic E-state index is 11.9. The van der Waals surface area contributed by atoms with Crippen LogP contribution < -0.4 is 10.1 Å². The molecule has 7 nitrogen and oxygen atoms in total. The Hall–Kier alpha value is -2.28. The average molecular weight is 344 g/mol. The van der Waals surface area contributed by atoms with Crippen molar-refractivity contribution >= 4 is 29.4 Å². The van der Waals surface area contributed by atoms with Gasteiger partial charge in [-0.3, -0.25) is 4.79 Å². The number of hydrogen-bond acceptors (Lipinski definition) is 6. The van der Waals surface area contributed by atoms with E-state index in [0.29, 0.717) is 10.8 Å². The zero-order valence-electron chi connectivity index (χ0n) is 12.8. The number of esters is 2. The highest BCUT2D eigenvalue weighted by Gasteiger charge is 2.31. The van der Waals surface area contributed by atoms with Crippen LogP contribution in [-0.2, 0) is 23.9 Å². The number of amides is 1. The van der Waals surface area contributed by atoms with Gasteiger partial charge in [-0.05, 0) is 26.0 Å². The lowest BCUT2D eigenvalue weighted by Crippen LogP contribution is -2.49. The number of nitrogens with one attached hydrogen (secondary N) is 1. The second-order valence-corrected chi connectivity index (χ2v) is 4.63. The van der Waals surface area contributed by atoms with Gasteiger partial charge in [0, 0.05) is 0 Å². The van der Waals surface area contributed by atoms with Gasteiger partial charge in [0.15, 0.2) is 6.61 Å². The molecule has 1 aromatic rings. The van der Waals surface area contributed by atoms with Gasteiger partial charge in [-0.15, -0.1) is 0 Å². The normalized spacial score (nSPS) is 10.1. The lowest BCUT2D eigenvalue weighted by Gasteiger charge is -2.16. The number of hydrogen-bond donors (Lipinski definition) is 1. The molecule has 0 atom stereocenters. The summed E-state index contributed by atoms with van der Waals surface area (Å²) in [7, 11) is 0. The second-order valence-electron chi connectivity index (χ2n) is 4.22. The molecule has 1 N–H and O–H groups in total. The van der Waals surface area contributed by atoms with Gasteiger partial charge in [0.1, 0.15) is 5.75 Å². The number of ether oxygens (including phenoxy) is 3. The van der Waals surface area contributed by atoms with Crippen LogP contribution in [0.3, 0.4) is 0 Å². The van der Waals surface area contributed by atoms with E-state index in [1.165, 1.54) is 0 Å². The third-order valence-corrected chi connectivity index (χ3v) is 2.86. The van der Waals surface area contributed by atoms with Crippen molar-refractivity contribution in [3.8, 4) is 5.75 Å². The fraction of sp³-hybridized carbons (Fsp3) is 0.400. The summed E-state index contributed by atoms with van der Waals surface area (Å²) >= 11 is 5.89. The van der Waals surface area contributed by atoms with Crippen LogP contribution in [0.5, 0.6) is 5.75 Å². The van der Waals surface area contributed by atoms with Crippen LogP contribution in [0.2, 0.25) is 5.02 Å². The van der Waals surface area contributed by atoms with Gasteiger partial charge < -0.3 is 19.5 Å². The summed E-state index contributed by atoms with van der Waals surface area (Å²) in [6.45, 7) is 2.89. The first-order valence-corrected chi connectivity index (χ1v) is 7.37. The van der Waals surface area contributed by atoms with Crippen LogP contribution in [0, 0.1) is 0 Å². The molecule has 0 bridgehead atoms. The molecule has 1 rings (SSSR count). The molecule has 0 heterocycles. The first-order chi connectivity index (χ1) is 11.0. The van der Waals surface area contributed by atoms with Crippen LogP contribution in [0.15, 0.2) is 24.3 Å². The van der Waals surface area contributed by atoms with Gasteiger partial charge in [-0.25, -0.2) is 9.59 Å². The number of rotatable bonds is 8. The molecule has 8 heteroatoms. The molecule has 0 unspecified atom stereocenters. The summed E-state index contributed by atoms with van der Waals surface area (Å²) in [4.78, 5) is 35.3. The van der Waals surface area contributed by atoms with Crippen molar-refractivity contribution in [2.75, 3.05) is 19.8 Å². The Morgan fingerprint density at radius 3 is 2.17 bits per heavy atom. The summed E-state index contributed by atoms with van der Waals surface area (Å²) in [5.74, 6) is -2.15. The van der Waals surface area contributed by atoms with Crippen molar-refractivity contribution in [1.29, 1.82) is 0 Å². The zero-order chi connectivity index (χ0) is 17.2. The Morgan fingerprint density at radius 1 is 1.09 bits per heavy atom.